The number of rotatable bonds is 7. The van der Waals surface area contributed by atoms with Crippen molar-refractivity contribution in [3.63, 3.8) is 0 Å². The van der Waals surface area contributed by atoms with Crippen molar-refractivity contribution in [1.29, 1.82) is 0 Å². The lowest BCUT2D eigenvalue weighted by Crippen LogP contribution is -3.18. The Morgan fingerprint density at radius 2 is 1.86 bits per heavy atom. The van der Waals surface area contributed by atoms with Crippen molar-refractivity contribution in [3.05, 3.63) is 28.5 Å². The van der Waals surface area contributed by atoms with Crippen molar-refractivity contribution >= 4 is 0 Å². The topological polar surface area (TPSA) is 57.0 Å². The summed E-state index contributed by atoms with van der Waals surface area (Å²) in [6, 6.07) is 0.232. The Morgan fingerprint density at radius 1 is 1.14 bits per heavy atom. The third-order valence-electron chi connectivity index (χ3n) is 7.83. The van der Waals surface area contributed by atoms with Gasteiger partial charge in [0.05, 0.1) is 17.7 Å². The van der Waals surface area contributed by atoms with Crippen molar-refractivity contribution < 1.29 is 14.9 Å². The van der Waals surface area contributed by atoms with Crippen molar-refractivity contribution in [2.24, 2.45) is 11.8 Å². The smallest absolute Gasteiger partial charge is 0.113 e. The van der Waals surface area contributed by atoms with E-state index in [-0.39, 0.29) is 24.3 Å². The monoisotopic (exact) mass is 405 g/mol. The summed E-state index contributed by atoms with van der Waals surface area (Å²) >= 11 is 0. The van der Waals surface area contributed by atoms with Crippen LogP contribution in [0.5, 0.6) is 0 Å². The summed E-state index contributed by atoms with van der Waals surface area (Å²) in [7, 11) is 0. The van der Waals surface area contributed by atoms with Gasteiger partial charge in [-0.05, 0) is 86.0 Å². The molecule has 1 saturated carbocycles. The Morgan fingerprint density at radius 3 is 2.59 bits per heavy atom. The highest BCUT2D eigenvalue weighted by atomic mass is 16.5. The zero-order valence-corrected chi connectivity index (χ0v) is 19.2. The Hall–Kier alpha value is -0.680. The first-order valence-electron chi connectivity index (χ1n) is 11.9. The van der Waals surface area contributed by atoms with Gasteiger partial charge < -0.3 is 20.1 Å². The molecule has 4 heteroatoms. The molecule has 8 atom stereocenters. The first-order valence-corrected chi connectivity index (χ1v) is 11.9. The molecule has 2 aliphatic heterocycles. The lowest BCUT2D eigenvalue weighted by molar-refractivity contribution is -0.917. The molecular weight excluding hydrogens is 362 g/mol. The van der Waals surface area contributed by atoms with Gasteiger partial charge in [-0.25, -0.2) is 0 Å². The van der Waals surface area contributed by atoms with Gasteiger partial charge in [0, 0.05) is 11.8 Å². The predicted octanol–water partition coefficient (Wildman–Crippen LogP) is 4.33. The molecule has 3 aliphatic rings. The minimum absolute atomic E-state index is 0.0136. The van der Waals surface area contributed by atoms with Crippen LogP contribution in [-0.4, -0.2) is 35.0 Å². The number of quaternary nitrogens is 1. The Kier molecular flexibility index (Phi) is 7.64. The van der Waals surface area contributed by atoms with E-state index in [1.807, 2.05) is 6.92 Å². The molecule has 166 valence electrons. The average Bonchev–Trinajstić information content (AvgIpc) is 3.12. The van der Waals surface area contributed by atoms with Gasteiger partial charge in [-0.15, -0.1) is 0 Å². The van der Waals surface area contributed by atoms with E-state index in [9.17, 15) is 10.3 Å². The predicted molar refractivity (Wildman–Crippen MR) is 119 cm³/mol. The third kappa shape index (κ3) is 5.33. The minimum Gasteiger partial charge on any atom is -0.634 e. The van der Waals surface area contributed by atoms with E-state index in [0.29, 0.717) is 23.3 Å². The van der Waals surface area contributed by atoms with Gasteiger partial charge in [-0.2, -0.15) is 0 Å². The molecular formula is C25H43NO3. The molecule has 29 heavy (non-hydrogen) atoms. The molecule has 2 N–H and O–H groups in total. The molecule has 0 aromatic carbocycles. The highest BCUT2D eigenvalue weighted by Crippen LogP contribution is 2.45. The number of piperidine rings is 1. The van der Waals surface area contributed by atoms with Crippen molar-refractivity contribution in [2.75, 3.05) is 0 Å². The minimum atomic E-state index is -0.832. The second-order valence-electron chi connectivity index (χ2n) is 10.5. The molecule has 1 aliphatic carbocycles. The van der Waals surface area contributed by atoms with Crippen LogP contribution < -0.4 is 5.06 Å². The number of allylic oxidation sites excluding steroid dienone is 4. The molecule has 4 nitrogen and oxygen atoms in total. The van der Waals surface area contributed by atoms with Gasteiger partial charge in [0.2, 0.25) is 0 Å². The molecule has 6 unspecified atom stereocenters. The Labute approximate surface area is 178 Å². The van der Waals surface area contributed by atoms with Gasteiger partial charge in [0.25, 0.3) is 0 Å². The molecule has 2 heterocycles. The van der Waals surface area contributed by atoms with Crippen LogP contribution in [0.1, 0.15) is 92.4 Å². The molecule has 0 aromatic heterocycles. The van der Waals surface area contributed by atoms with E-state index in [1.54, 1.807) is 0 Å². The molecule has 3 rings (SSSR count). The number of hydrogen-bond donors (Lipinski definition) is 2. The highest BCUT2D eigenvalue weighted by molar-refractivity contribution is 5.04. The molecule has 0 aromatic rings. The Balaban J connectivity index is 1.57. The molecule has 3 fully saturated rings. The molecule has 0 amide bonds. The summed E-state index contributed by atoms with van der Waals surface area (Å²) in [6.07, 6.45) is 13.8. The number of hydroxylamine groups is 2. The fourth-order valence-corrected chi connectivity index (χ4v) is 6.02. The van der Waals surface area contributed by atoms with Crippen LogP contribution in [-0.2, 0) is 4.74 Å². The molecule has 0 bridgehead atoms. The second kappa shape index (κ2) is 9.64. The maximum absolute atomic E-state index is 12.9. The van der Waals surface area contributed by atoms with E-state index in [1.165, 1.54) is 24.0 Å². The van der Waals surface area contributed by atoms with Crippen molar-refractivity contribution in [3.8, 4) is 0 Å². The fourth-order valence-electron chi connectivity index (χ4n) is 6.02. The quantitative estimate of drug-likeness (QED) is 0.490. The van der Waals surface area contributed by atoms with Gasteiger partial charge in [-0.3, -0.25) is 0 Å². The average molecular weight is 406 g/mol. The maximum Gasteiger partial charge on any atom is 0.113 e. The highest BCUT2D eigenvalue weighted by Gasteiger charge is 2.56. The van der Waals surface area contributed by atoms with Crippen LogP contribution in [0.4, 0.5) is 0 Å². The summed E-state index contributed by atoms with van der Waals surface area (Å²) in [5.41, 5.74) is 1.93. The maximum atomic E-state index is 12.9. The SMILES string of the molecule is CC(C)=CCCC(C)=CCC[C@](C)(O)[C@@H]1CC2C3CCCCC3[NH+]([O-])C(C)C2O1. The van der Waals surface area contributed by atoms with Crippen LogP contribution >= 0.6 is 0 Å². The number of nitrogens with one attached hydrogen (secondary N) is 1. The van der Waals surface area contributed by atoms with Crippen LogP contribution in [0.15, 0.2) is 23.3 Å². The zero-order chi connectivity index (χ0) is 21.2. The molecule has 2 saturated heterocycles. The summed E-state index contributed by atoms with van der Waals surface area (Å²) in [5, 5.41) is 24.5. The second-order valence-corrected chi connectivity index (χ2v) is 10.5. The van der Waals surface area contributed by atoms with Crippen molar-refractivity contribution in [2.45, 2.75) is 122 Å². The zero-order valence-electron chi connectivity index (χ0n) is 19.2. The van der Waals surface area contributed by atoms with Crippen LogP contribution in [0.25, 0.3) is 0 Å². The number of hydrogen-bond acceptors (Lipinski definition) is 3. The van der Waals surface area contributed by atoms with Gasteiger partial charge >= 0.3 is 0 Å². The lowest BCUT2D eigenvalue weighted by atomic mass is 9.68. The van der Waals surface area contributed by atoms with Gasteiger partial charge in [0.1, 0.15) is 12.1 Å². The molecule has 0 radical (unpaired) electrons. The number of ether oxygens (including phenoxy) is 1. The number of aliphatic hydroxyl groups is 1. The van der Waals surface area contributed by atoms with Gasteiger partial charge in [0.15, 0.2) is 0 Å². The van der Waals surface area contributed by atoms with E-state index in [2.05, 4.69) is 39.8 Å². The first-order chi connectivity index (χ1) is 13.7. The Bertz CT molecular complexity index is 607. The van der Waals surface area contributed by atoms with E-state index >= 15 is 0 Å². The summed E-state index contributed by atoms with van der Waals surface area (Å²) in [6.45, 7) is 10.5. The molecule has 0 spiro atoms. The normalized spacial score (nSPS) is 39.4. The van der Waals surface area contributed by atoms with E-state index in [4.69, 9.17) is 4.74 Å². The number of fused-ring (bicyclic) bond motifs is 3. The largest absolute Gasteiger partial charge is 0.634 e. The lowest BCUT2D eigenvalue weighted by Gasteiger charge is -2.51. The summed E-state index contributed by atoms with van der Waals surface area (Å²) in [5.74, 6) is 0.932. The van der Waals surface area contributed by atoms with E-state index < -0.39 is 5.60 Å². The first kappa shape index (κ1) is 23.0. The third-order valence-corrected chi connectivity index (χ3v) is 7.83. The van der Waals surface area contributed by atoms with Gasteiger partial charge in [-0.1, -0.05) is 29.7 Å². The van der Waals surface area contributed by atoms with E-state index in [0.717, 1.165) is 38.5 Å². The summed E-state index contributed by atoms with van der Waals surface area (Å²) in [4.78, 5) is 0. The standard InChI is InChI=1S/C25H43NO3/c1-17(2)10-8-11-18(3)12-9-15-25(5,27)23-16-21-20-13-6-7-14-22(20)26(28)19(4)24(21)29-23/h10,12,19-24,26-27H,6-9,11,13-16H2,1-5H3/t19?,20?,21?,22?,23-,24?,25-/m0/s1. The van der Waals surface area contributed by atoms with Crippen molar-refractivity contribution in [1.82, 2.24) is 0 Å². The summed E-state index contributed by atoms with van der Waals surface area (Å²) < 4.78 is 6.41. The van der Waals surface area contributed by atoms with Crippen LogP contribution in [0.2, 0.25) is 0 Å². The fraction of sp³-hybridized carbons (Fsp3) is 0.840. The van der Waals surface area contributed by atoms with Crippen LogP contribution in [0, 0.1) is 17.0 Å². The van der Waals surface area contributed by atoms with Crippen LogP contribution in [0.3, 0.4) is 0 Å².